The molecule has 9 heteroatoms. The number of fused-ring (bicyclic) bond motifs is 5. The lowest BCUT2D eigenvalue weighted by Crippen LogP contribution is -2.58. The van der Waals surface area contributed by atoms with Crippen molar-refractivity contribution in [1.29, 1.82) is 0 Å². The van der Waals surface area contributed by atoms with E-state index in [-0.39, 0.29) is 22.8 Å². The van der Waals surface area contributed by atoms with E-state index in [9.17, 15) is 15.0 Å². The first-order chi connectivity index (χ1) is 15.3. The van der Waals surface area contributed by atoms with Crippen molar-refractivity contribution in [3.63, 3.8) is 0 Å². The van der Waals surface area contributed by atoms with E-state index in [0.717, 1.165) is 5.56 Å². The van der Waals surface area contributed by atoms with Gasteiger partial charge in [-0.2, -0.15) is 0 Å². The van der Waals surface area contributed by atoms with Gasteiger partial charge in [-0.05, 0) is 17.7 Å². The van der Waals surface area contributed by atoms with Gasteiger partial charge in [0.1, 0.15) is 0 Å². The van der Waals surface area contributed by atoms with E-state index in [1.165, 1.54) is 21.1 Å². The third-order valence-electron chi connectivity index (χ3n) is 6.88. The SMILES string of the molecule is COc1ccc2c(c1OC)C(O)[N@+]1(C)CCc3cc4c(c(O)c3[C@@H]1[C@H]2OC(C)=O)OCO4. The van der Waals surface area contributed by atoms with Gasteiger partial charge in [-0.15, -0.1) is 0 Å². The molecule has 3 aliphatic heterocycles. The minimum atomic E-state index is -1.01. The minimum Gasteiger partial charge on any atom is -0.504 e. The molecule has 0 saturated heterocycles. The maximum Gasteiger partial charge on any atom is 0.303 e. The number of hydrogen-bond donors (Lipinski definition) is 2. The first kappa shape index (κ1) is 20.7. The van der Waals surface area contributed by atoms with Crippen molar-refractivity contribution >= 4 is 5.97 Å². The van der Waals surface area contributed by atoms with E-state index in [2.05, 4.69) is 0 Å². The van der Waals surface area contributed by atoms with Gasteiger partial charge in [0.2, 0.25) is 18.8 Å². The summed E-state index contributed by atoms with van der Waals surface area (Å²) < 4.78 is 28.0. The fraction of sp³-hybridized carbons (Fsp3) is 0.435. The number of benzene rings is 2. The number of hydrogen-bond acceptors (Lipinski definition) is 8. The highest BCUT2D eigenvalue weighted by Crippen LogP contribution is 2.61. The Hall–Kier alpha value is -3.17. The molecule has 4 atom stereocenters. The molecule has 170 valence electrons. The van der Waals surface area contributed by atoms with Crippen LogP contribution in [0.2, 0.25) is 0 Å². The van der Waals surface area contributed by atoms with Crippen molar-refractivity contribution in [2.24, 2.45) is 0 Å². The molecule has 3 heterocycles. The molecule has 0 spiro atoms. The Kier molecular flexibility index (Phi) is 4.65. The van der Waals surface area contributed by atoms with Crippen molar-refractivity contribution < 1.29 is 43.2 Å². The smallest absolute Gasteiger partial charge is 0.303 e. The van der Waals surface area contributed by atoms with Crippen LogP contribution in [-0.4, -0.2) is 55.3 Å². The highest BCUT2D eigenvalue weighted by atomic mass is 16.7. The van der Waals surface area contributed by atoms with Crippen LogP contribution in [0, 0.1) is 0 Å². The van der Waals surface area contributed by atoms with Crippen LogP contribution >= 0.6 is 0 Å². The lowest BCUT2D eigenvalue weighted by molar-refractivity contribution is -0.996. The number of aromatic hydroxyl groups is 1. The van der Waals surface area contributed by atoms with Crippen LogP contribution in [0.3, 0.4) is 0 Å². The van der Waals surface area contributed by atoms with Crippen LogP contribution in [0.25, 0.3) is 0 Å². The third-order valence-corrected chi connectivity index (χ3v) is 6.88. The Labute approximate surface area is 185 Å². The van der Waals surface area contributed by atoms with Gasteiger partial charge in [0, 0.05) is 18.9 Å². The molecule has 3 aliphatic rings. The summed E-state index contributed by atoms with van der Waals surface area (Å²) in [5.41, 5.74) is 2.59. The number of esters is 1. The van der Waals surface area contributed by atoms with Crippen LogP contribution in [0.15, 0.2) is 18.2 Å². The van der Waals surface area contributed by atoms with Crippen LogP contribution in [0.4, 0.5) is 0 Å². The van der Waals surface area contributed by atoms with Crippen LogP contribution in [0.1, 0.15) is 47.6 Å². The third kappa shape index (κ3) is 2.67. The van der Waals surface area contributed by atoms with E-state index in [4.69, 9.17) is 23.7 Å². The fourth-order valence-corrected chi connectivity index (χ4v) is 5.41. The van der Waals surface area contributed by atoms with Crippen LogP contribution in [-0.2, 0) is 16.0 Å². The zero-order valence-electron chi connectivity index (χ0n) is 18.4. The van der Waals surface area contributed by atoms with Crippen LogP contribution in [0.5, 0.6) is 28.7 Å². The van der Waals surface area contributed by atoms with Gasteiger partial charge in [-0.25, -0.2) is 0 Å². The predicted molar refractivity (Wildman–Crippen MR) is 111 cm³/mol. The molecule has 2 aromatic carbocycles. The summed E-state index contributed by atoms with van der Waals surface area (Å²) in [5.74, 6) is 1.12. The Morgan fingerprint density at radius 3 is 2.66 bits per heavy atom. The number of carbonyl (C=O) groups excluding carboxylic acids is 1. The fourth-order valence-electron chi connectivity index (χ4n) is 5.41. The molecular formula is C23H26NO8+. The number of phenolic OH excluding ortho intramolecular Hbond substituents is 1. The molecule has 1 unspecified atom stereocenters. The number of phenols is 1. The number of methoxy groups -OCH3 is 2. The van der Waals surface area contributed by atoms with Crippen molar-refractivity contribution in [2.75, 3.05) is 34.6 Å². The van der Waals surface area contributed by atoms with Gasteiger partial charge in [0.25, 0.3) is 0 Å². The highest BCUT2D eigenvalue weighted by molar-refractivity contribution is 5.68. The van der Waals surface area contributed by atoms with E-state index in [1.807, 2.05) is 13.1 Å². The molecule has 5 rings (SSSR count). The Morgan fingerprint density at radius 2 is 1.97 bits per heavy atom. The topological polar surface area (TPSA) is 104 Å². The molecular weight excluding hydrogens is 418 g/mol. The minimum absolute atomic E-state index is 0.0262. The number of aliphatic hydroxyl groups excluding tert-OH is 1. The maximum absolute atomic E-state index is 12.2. The first-order valence-electron chi connectivity index (χ1n) is 10.4. The van der Waals surface area contributed by atoms with Crippen molar-refractivity contribution in [3.8, 4) is 28.7 Å². The first-order valence-corrected chi connectivity index (χ1v) is 10.4. The summed E-state index contributed by atoms with van der Waals surface area (Å²) in [7, 11) is 4.93. The standard InChI is InChI=1S/C23H25NO8/c1-11(25)32-20-13-5-6-14(28-3)21(29-4)17(13)23(27)24(2)8-7-12-9-15-22(31-10-30-15)19(26)16(12)18(20)24/h5-6,9,18,20,23,27H,7-8,10H2,1-4H3/p+1/t18-,20+,23?,24-/m1/s1. The average molecular weight is 444 g/mol. The van der Waals surface area contributed by atoms with E-state index in [0.29, 0.717) is 46.9 Å². The lowest BCUT2D eigenvalue weighted by atomic mass is 9.78. The van der Waals surface area contributed by atoms with Gasteiger partial charge >= 0.3 is 5.97 Å². The van der Waals surface area contributed by atoms with Gasteiger partial charge in [0.05, 0.1) is 38.9 Å². The molecule has 0 aromatic heterocycles. The largest absolute Gasteiger partial charge is 0.504 e. The second kappa shape index (κ2) is 7.18. The molecule has 32 heavy (non-hydrogen) atoms. The molecule has 2 N–H and O–H groups in total. The number of nitrogens with zero attached hydrogens (tertiary/aromatic N) is 1. The number of quaternary nitrogens is 1. The summed E-state index contributed by atoms with van der Waals surface area (Å²) in [6.07, 6.45) is -1.20. The molecule has 0 fully saturated rings. The number of rotatable bonds is 3. The maximum atomic E-state index is 12.2. The zero-order valence-corrected chi connectivity index (χ0v) is 18.4. The Bertz CT molecular complexity index is 1120. The van der Waals surface area contributed by atoms with Crippen molar-refractivity contribution in [3.05, 3.63) is 40.5 Å². The number of aliphatic hydroxyl groups is 1. The monoisotopic (exact) mass is 444 g/mol. The van der Waals surface area contributed by atoms with Crippen molar-refractivity contribution in [1.82, 2.24) is 0 Å². The number of likely N-dealkylation sites (N-methyl/N-ethyl adjacent to an activating group) is 1. The second-order valence-electron chi connectivity index (χ2n) is 8.50. The summed E-state index contributed by atoms with van der Waals surface area (Å²) in [5, 5.41) is 22.9. The molecule has 0 aliphatic carbocycles. The normalized spacial score (nSPS) is 27.1. The predicted octanol–water partition coefficient (Wildman–Crippen LogP) is 2.49. The average Bonchev–Trinajstić information content (AvgIpc) is 3.25. The molecule has 9 nitrogen and oxygen atoms in total. The number of ether oxygens (including phenoxy) is 5. The molecule has 2 aromatic rings. The quantitative estimate of drug-likeness (QED) is 0.550. The highest BCUT2D eigenvalue weighted by Gasteiger charge is 2.58. The summed E-state index contributed by atoms with van der Waals surface area (Å²) in [6.45, 7) is 1.91. The summed E-state index contributed by atoms with van der Waals surface area (Å²) in [6, 6.07) is 4.79. The molecule has 0 amide bonds. The Morgan fingerprint density at radius 1 is 1.19 bits per heavy atom. The van der Waals surface area contributed by atoms with Crippen molar-refractivity contribution in [2.45, 2.75) is 31.7 Å². The second-order valence-corrected chi connectivity index (χ2v) is 8.50. The Balaban J connectivity index is 1.79. The summed E-state index contributed by atoms with van der Waals surface area (Å²) >= 11 is 0. The molecule has 0 saturated carbocycles. The molecule has 0 radical (unpaired) electrons. The number of carbonyl (C=O) groups is 1. The van der Waals surface area contributed by atoms with Crippen LogP contribution < -0.4 is 18.9 Å². The van der Waals surface area contributed by atoms with Gasteiger partial charge in [-0.1, -0.05) is 6.07 Å². The van der Waals surface area contributed by atoms with Gasteiger partial charge < -0.3 is 33.9 Å². The van der Waals surface area contributed by atoms with E-state index in [1.54, 1.807) is 12.1 Å². The molecule has 0 bridgehead atoms. The van der Waals surface area contributed by atoms with E-state index >= 15 is 0 Å². The van der Waals surface area contributed by atoms with Gasteiger partial charge in [0.15, 0.2) is 35.1 Å². The lowest BCUT2D eigenvalue weighted by Gasteiger charge is -2.53. The summed E-state index contributed by atoms with van der Waals surface area (Å²) in [4.78, 5) is 12.2. The zero-order chi connectivity index (χ0) is 22.8. The van der Waals surface area contributed by atoms with Gasteiger partial charge in [-0.3, -0.25) is 9.28 Å². The van der Waals surface area contributed by atoms with E-state index < -0.39 is 24.3 Å².